The van der Waals surface area contributed by atoms with E-state index < -0.39 is 0 Å². The van der Waals surface area contributed by atoms with Crippen LogP contribution in [-0.2, 0) is 11.2 Å². The Hall–Kier alpha value is -2.07. The highest BCUT2D eigenvalue weighted by molar-refractivity contribution is 5.93. The molecular weight excluding hydrogens is 264 g/mol. The molecule has 2 heterocycles. The fourth-order valence-corrected chi connectivity index (χ4v) is 2.83. The Morgan fingerprint density at radius 3 is 2.86 bits per heavy atom. The first-order valence-electron chi connectivity index (χ1n) is 7.38. The minimum atomic E-state index is 0.101. The maximum absolute atomic E-state index is 11.4. The van der Waals surface area contributed by atoms with E-state index in [-0.39, 0.29) is 11.9 Å². The van der Waals surface area contributed by atoms with Crippen LogP contribution in [0.2, 0.25) is 0 Å². The van der Waals surface area contributed by atoms with E-state index in [9.17, 15) is 4.79 Å². The summed E-state index contributed by atoms with van der Waals surface area (Å²) >= 11 is 0. The predicted molar refractivity (Wildman–Crippen MR) is 82.4 cm³/mol. The Morgan fingerprint density at radius 2 is 2.14 bits per heavy atom. The van der Waals surface area contributed by atoms with Crippen LogP contribution >= 0.6 is 0 Å². The first-order chi connectivity index (χ1) is 10.2. The van der Waals surface area contributed by atoms with Crippen LogP contribution in [0.3, 0.4) is 0 Å². The number of carbonyl (C=O) groups is 1. The van der Waals surface area contributed by atoms with Gasteiger partial charge in [-0.25, -0.2) is 0 Å². The van der Waals surface area contributed by atoms with Crippen molar-refractivity contribution in [3.8, 4) is 0 Å². The highest BCUT2D eigenvalue weighted by atomic mass is 16.3. The minimum absolute atomic E-state index is 0.101. The van der Waals surface area contributed by atoms with E-state index in [4.69, 9.17) is 4.42 Å². The monoisotopic (exact) mass is 284 g/mol. The van der Waals surface area contributed by atoms with Crippen molar-refractivity contribution in [2.75, 3.05) is 11.9 Å². The fourth-order valence-electron chi connectivity index (χ4n) is 2.83. The molecule has 0 saturated carbocycles. The Balaban J connectivity index is 1.94. The summed E-state index contributed by atoms with van der Waals surface area (Å²) in [6.45, 7) is 4.93. The van der Waals surface area contributed by atoms with Crippen LogP contribution in [0, 0.1) is 6.92 Å². The molecule has 0 saturated heterocycles. The predicted octanol–water partition coefficient (Wildman–Crippen LogP) is 3.17. The van der Waals surface area contributed by atoms with Crippen molar-refractivity contribution >= 4 is 11.6 Å². The Labute approximate surface area is 124 Å². The molecule has 1 aromatic carbocycles. The van der Waals surface area contributed by atoms with Gasteiger partial charge in [0.15, 0.2) is 0 Å². The molecule has 1 unspecified atom stereocenters. The van der Waals surface area contributed by atoms with Gasteiger partial charge in [-0.3, -0.25) is 4.79 Å². The number of furan rings is 1. The maximum Gasteiger partial charge on any atom is 0.224 e. The van der Waals surface area contributed by atoms with Gasteiger partial charge in [-0.15, -0.1) is 0 Å². The summed E-state index contributed by atoms with van der Waals surface area (Å²) in [5, 5.41) is 6.42. The Morgan fingerprint density at radius 1 is 1.29 bits per heavy atom. The largest absolute Gasteiger partial charge is 0.469 e. The number of fused-ring (bicyclic) bond motifs is 1. The van der Waals surface area contributed by atoms with E-state index in [1.54, 1.807) is 0 Å². The molecule has 0 fully saturated rings. The Kier molecular flexibility index (Phi) is 3.80. The van der Waals surface area contributed by atoms with Gasteiger partial charge in [-0.1, -0.05) is 19.1 Å². The van der Waals surface area contributed by atoms with Gasteiger partial charge in [0, 0.05) is 17.7 Å². The fraction of sp³-hybridized carbons (Fsp3) is 0.353. The van der Waals surface area contributed by atoms with E-state index in [1.807, 2.05) is 19.3 Å². The van der Waals surface area contributed by atoms with Gasteiger partial charge in [0.25, 0.3) is 0 Å². The number of aryl methyl sites for hydroxylation is 2. The molecule has 1 aliphatic rings. The van der Waals surface area contributed by atoms with Gasteiger partial charge in [0.2, 0.25) is 5.91 Å². The van der Waals surface area contributed by atoms with E-state index in [0.29, 0.717) is 6.42 Å². The number of anilines is 1. The summed E-state index contributed by atoms with van der Waals surface area (Å²) in [7, 11) is 0. The molecule has 1 amide bonds. The number of hydrogen-bond acceptors (Lipinski definition) is 3. The lowest BCUT2D eigenvalue weighted by Crippen LogP contribution is -2.23. The molecule has 1 aromatic heterocycles. The number of benzene rings is 1. The van der Waals surface area contributed by atoms with E-state index in [1.165, 1.54) is 11.1 Å². The number of rotatable bonds is 4. The van der Waals surface area contributed by atoms with Gasteiger partial charge in [-0.2, -0.15) is 0 Å². The van der Waals surface area contributed by atoms with Crippen molar-refractivity contribution in [3.05, 3.63) is 53.0 Å². The molecule has 1 aliphatic heterocycles. The molecule has 110 valence electrons. The van der Waals surface area contributed by atoms with E-state index in [0.717, 1.165) is 30.0 Å². The van der Waals surface area contributed by atoms with Crippen molar-refractivity contribution in [1.82, 2.24) is 5.32 Å². The molecule has 4 heteroatoms. The third kappa shape index (κ3) is 2.85. The quantitative estimate of drug-likeness (QED) is 0.906. The van der Waals surface area contributed by atoms with Crippen LogP contribution in [0.1, 0.15) is 41.8 Å². The number of carbonyl (C=O) groups excluding carboxylic acids is 1. The smallest absolute Gasteiger partial charge is 0.224 e. The summed E-state index contributed by atoms with van der Waals surface area (Å²) < 4.78 is 5.44. The molecule has 0 radical (unpaired) electrons. The van der Waals surface area contributed by atoms with Crippen molar-refractivity contribution in [2.45, 2.75) is 32.7 Å². The van der Waals surface area contributed by atoms with Crippen LogP contribution in [0.25, 0.3) is 0 Å². The SMILES string of the molecule is CCNC(c1coc(C)c1)c1ccc2c(c1)CCC(=O)N2. The zero-order valence-corrected chi connectivity index (χ0v) is 12.4. The highest BCUT2D eigenvalue weighted by Crippen LogP contribution is 2.29. The molecule has 0 bridgehead atoms. The molecular formula is C17H20N2O2. The summed E-state index contributed by atoms with van der Waals surface area (Å²) in [6, 6.07) is 8.44. The summed E-state index contributed by atoms with van der Waals surface area (Å²) in [4.78, 5) is 11.4. The average molecular weight is 284 g/mol. The zero-order valence-electron chi connectivity index (χ0n) is 12.4. The van der Waals surface area contributed by atoms with Crippen molar-refractivity contribution < 1.29 is 9.21 Å². The molecule has 3 rings (SSSR count). The normalized spacial score (nSPS) is 15.4. The highest BCUT2D eigenvalue weighted by Gasteiger charge is 2.19. The van der Waals surface area contributed by atoms with Gasteiger partial charge >= 0.3 is 0 Å². The van der Waals surface area contributed by atoms with Crippen molar-refractivity contribution in [3.63, 3.8) is 0 Å². The summed E-state index contributed by atoms with van der Waals surface area (Å²) in [5.74, 6) is 1.02. The standard InChI is InChI=1S/C17H20N2O2/c1-3-18-17(14-8-11(2)21-10-14)13-4-6-15-12(9-13)5-7-16(20)19-15/h4,6,8-10,17-18H,3,5,7H2,1-2H3,(H,19,20). The number of hydrogen-bond donors (Lipinski definition) is 2. The van der Waals surface area contributed by atoms with Crippen LogP contribution in [0.4, 0.5) is 5.69 Å². The van der Waals surface area contributed by atoms with Crippen molar-refractivity contribution in [2.24, 2.45) is 0 Å². The second kappa shape index (κ2) is 5.74. The first kappa shape index (κ1) is 13.9. The third-order valence-corrected chi connectivity index (χ3v) is 3.85. The average Bonchev–Trinajstić information content (AvgIpc) is 2.90. The van der Waals surface area contributed by atoms with Gasteiger partial charge in [0.1, 0.15) is 5.76 Å². The molecule has 2 aromatic rings. The van der Waals surface area contributed by atoms with E-state index in [2.05, 4.69) is 35.8 Å². The lowest BCUT2D eigenvalue weighted by molar-refractivity contribution is -0.116. The third-order valence-electron chi connectivity index (χ3n) is 3.85. The Bertz CT molecular complexity index is 661. The zero-order chi connectivity index (χ0) is 14.8. The molecule has 4 nitrogen and oxygen atoms in total. The second-order valence-electron chi connectivity index (χ2n) is 5.45. The minimum Gasteiger partial charge on any atom is -0.469 e. The van der Waals surface area contributed by atoms with Crippen LogP contribution < -0.4 is 10.6 Å². The maximum atomic E-state index is 11.4. The lowest BCUT2D eigenvalue weighted by Gasteiger charge is -2.21. The first-order valence-corrected chi connectivity index (χ1v) is 7.38. The van der Waals surface area contributed by atoms with E-state index >= 15 is 0 Å². The number of nitrogens with one attached hydrogen (secondary N) is 2. The molecule has 1 atom stereocenters. The molecule has 0 aliphatic carbocycles. The van der Waals surface area contributed by atoms with Gasteiger partial charge < -0.3 is 15.1 Å². The van der Waals surface area contributed by atoms with Crippen LogP contribution in [0.5, 0.6) is 0 Å². The summed E-state index contributed by atoms with van der Waals surface area (Å²) in [6.07, 6.45) is 3.18. The number of amides is 1. The van der Waals surface area contributed by atoms with Crippen LogP contribution in [0.15, 0.2) is 34.9 Å². The second-order valence-corrected chi connectivity index (χ2v) is 5.45. The molecule has 2 N–H and O–H groups in total. The van der Waals surface area contributed by atoms with Crippen molar-refractivity contribution in [1.29, 1.82) is 0 Å². The molecule has 21 heavy (non-hydrogen) atoms. The topological polar surface area (TPSA) is 54.3 Å². The van der Waals surface area contributed by atoms with Gasteiger partial charge in [0.05, 0.1) is 12.3 Å². The molecule has 0 spiro atoms. The van der Waals surface area contributed by atoms with Gasteiger partial charge in [-0.05, 0) is 43.1 Å². The van der Waals surface area contributed by atoms with Crippen LogP contribution in [-0.4, -0.2) is 12.5 Å². The lowest BCUT2D eigenvalue weighted by atomic mass is 9.94. The summed E-state index contributed by atoms with van der Waals surface area (Å²) in [5.41, 5.74) is 4.48.